The zero-order chi connectivity index (χ0) is 25.1. The van der Waals surface area contributed by atoms with Crippen LogP contribution in [0.3, 0.4) is 0 Å². The van der Waals surface area contributed by atoms with Crippen LogP contribution in [0.5, 0.6) is 5.75 Å². The van der Waals surface area contributed by atoms with Gasteiger partial charge in [-0.2, -0.15) is 5.10 Å². The summed E-state index contributed by atoms with van der Waals surface area (Å²) in [6.45, 7) is 3.96. The number of nitrogens with one attached hydrogen (secondary N) is 1. The van der Waals surface area contributed by atoms with Crippen molar-refractivity contribution < 1.29 is 9.84 Å². The number of aromatic nitrogens is 5. The first kappa shape index (κ1) is 22.4. The second-order valence-corrected chi connectivity index (χ2v) is 10.2. The number of fused-ring (bicyclic) bond motifs is 3. The number of nitrogens with zero attached hydrogens (tertiary/aromatic N) is 6. The summed E-state index contributed by atoms with van der Waals surface area (Å²) in [6.07, 6.45) is 4.49. The van der Waals surface area contributed by atoms with Crippen LogP contribution in [0.25, 0.3) is 11.2 Å². The fourth-order valence-electron chi connectivity index (χ4n) is 6.05. The highest BCUT2D eigenvalue weighted by Crippen LogP contribution is 2.47. The van der Waals surface area contributed by atoms with Crippen molar-refractivity contribution in [2.24, 2.45) is 5.73 Å². The van der Waals surface area contributed by atoms with Crippen LogP contribution in [0.4, 0.5) is 17.3 Å². The predicted molar refractivity (Wildman–Crippen MR) is 140 cm³/mol. The molecular formula is C27H30N8O2. The zero-order valence-electron chi connectivity index (χ0n) is 20.8. The van der Waals surface area contributed by atoms with Crippen LogP contribution in [0.2, 0.25) is 0 Å². The van der Waals surface area contributed by atoms with Gasteiger partial charge in [-0.05, 0) is 38.0 Å². The smallest absolute Gasteiger partial charge is 0.183 e. The van der Waals surface area contributed by atoms with Crippen LogP contribution in [0.15, 0.2) is 42.6 Å². The minimum Gasteiger partial charge on any atom is -0.485 e. The minimum absolute atomic E-state index is 0.160. The van der Waals surface area contributed by atoms with Crippen LogP contribution in [0.1, 0.15) is 55.3 Å². The number of pyridine rings is 1. The topological polar surface area (TPSA) is 129 Å². The molecule has 3 aliphatic heterocycles. The first-order valence-corrected chi connectivity index (χ1v) is 13.0. The Balaban J connectivity index is 1.21. The van der Waals surface area contributed by atoms with Gasteiger partial charge in [0.25, 0.3) is 0 Å². The Hall–Kier alpha value is -3.76. The monoisotopic (exact) mass is 498 g/mol. The Morgan fingerprint density at radius 1 is 1.11 bits per heavy atom. The molecule has 1 aromatic carbocycles. The zero-order valence-corrected chi connectivity index (χ0v) is 20.8. The van der Waals surface area contributed by atoms with Gasteiger partial charge in [0.15, 0.2) is 22.8 Å². The van der Waals surface area contributed by atoms with Crippen molar-refractivity contribution in [3.8, 4) is 5.75 Å². The summed E-state index contributed by atoms with van der Waals surface area (Å²) in [7, 11) is 0. The lowest BCUT2D eigenvalue weighted by Crippen LogP contribution is -2.51. The van der Waals surface area contributed by atoms with Gasteiger partial charge in [0.05, 0.1) is 23.5 Å². The van der Waals surface area contributed by atoms with E-state index in [-0.39, 0.29) is 6.04 Å². The molecule has 3 aromatic heterocycles. The van der Waals surface area contributed by atoms with Gasteiger partial charge in [-0.15, -0.1) is 0 Å². The molecule has 4 aromatic rings. The molecule has 7 rings (SSSR count). The molecule has 6 heterocycles. The van der Waals surface area contributed by atoms with E-state index in [0.717, 1.165) is 54.9 Å². The number of para-hydroxylation sites is 1. The molecule has 0 radical (unpaired) electrons. The Morgan fingerprint density at radius 3 is 2.76 bits per heavy atom. The summed E-state index contributed by atoms with van der Waals surface area (Å²) in [4.78, 5) is 18.7. The maximum Gasteiger partial charge on any atom is 0.183 e. The van der Waals surface area contributed by atoms with Gasteiger partial charge < -0.3 is 25.4 Å². The normalized spacial score (nSPS) is 21.1. The van der Waals surface area contributed by atoms with Gasteiger partial charge in [-0.25, -0.2) is 9.97 Å². The highest BCUT2D eigenvalue weighted by molar-refractivity contribution is 5.88. The van der Waals surface area contributed by atoms with Gasteiger partial charge in [0.1, 0.15) is 17.0 Å². The van der Waals surface area contributed by atoms with Crippen molar-refractivity contribution >= 4 is 28.5 Å². The molecule has 1 fully saturated rings. The number of aromatic amines is 1. The lowest BCUT2D eigenvalue weighted by atomic mass is 9.83. The Morgan fingerprint density at radius 2 is 1.95 bits per heavy atom. The molecule has 3 aliphatic rings. The van der Waals surface area contributed by atoms with Crippen molar-refractivity contribution in [2.45, 2.75) is 50.4 Å². The molecule has 10 nitrogen and oxygen atoms in total. The summed E-state index contributed by atoms with van der Waals surface area (Å²) in [6, 6.07) is 11.9. The van der Waals surface area contributed by atoms with Crippen LogP contribution in [-0.4, -0.2) is 55.5 Å². The van der Waals surface area contributed by atoms with Gasteiger partial charge in [0, 0.05) is 44.2 Å². The number of aliphatic hydroxyl groups is 1. The maximum absolute atomic E-state index is 10.7. The lowest BCUT2D eigenvalue weighted by Gasteiger charge is -2.41. The number of hydrogen-bond acceptors (Lipinski definition) is 9. The van der Waals surface area contributed by atoms with E-state index in [1.807, 2.05) is 30.5 Å². The predicted octanol–water partition coefficient (Wildman–Crippen LogP) is 3.32. The molecule has 0 amide bonds. The van der Waals surface area contributed by atoms with E-state index < -0.39 is 11.7 Å². The second kappa shape index (κ2) is 8.39. The summed E-state index contributed by atoms with van der Waals surface area (Å²) in [5.41, 5.74) is 11.2. The molecule has 1 spiro atoms. The van der Waals surface area contributed by atoms with Crippen molar-refractivity contribution in [1.29, 1.82) is 0 Å². The summed E-state index contributed by atoms with van der Waals surface area (Å²) in [5.74, 6) is 2.27. The average molecular weight is 499 g/mol. The van der Waals surface area contributed by atoms with E-state index in [0.29, 0.717) is 41.6 Å². The van der Waals surface area contributed by atoms with E-state index in [9.17, 15) is 5.11 Å². The Bertz CT molecular complexity index is 1480. The number of rotatable bonds is 3. The van der Waals surface area contributed by atoms with E-state index in [1.165, 1.54) is 0 Å². The molecule has 0 aliphatic carbocycles. The largest absolute Gasteiger partial charge is 0.485 e. The number of benzene rings is 1. The van der Waals surface area contributed by atoms with E-state index in [4.69, 9.17) is 20.4 Å². The van der Waals surface area contributed by atoms with Crippen LogP contribution < -0.4 is 20.3 Å². The highest BCUT2D eigenvalue weighted by atomic mass is 16.5. The molecular weight excluding hydrogens is 468 g/mol. The number of aryl methyl sites for hydroxylation is 1. The van der Waals surface area contributed by atoms with E-state index in [1.54, 1.807) is 6.92 Å². The number of aliphatic hydroxyl groups excluding tert-OH is 1. The number of H-pyrrole nitrogens is 1. The molecule has 37 heavy (non-hydrogen) atoms. The first-order valence-electron chi connectivity index (χ1n) is 13.0. The molecule has 2 atom stereocenters. The Kier molecular flexibility index (Phi) is 5.09. The van der Waals surface area contributed by atoms with Crippen LogP contribution >= 0.6 is 0 Å². The summed E-state index contributed by atoms with van der Waals surface area (Å²) < 4.78 is 6.42. The third-order valence-electron chi connectivity index (χ3n) is 8.03. The lowest BCUT2D eigenvalue weighted by molar-refractivity contribution is 0.0430. The molecule has 0 saturated carbocycles. The van der Waals surface area contributed by atoms with Crippen molar-refractivity contribution in [3.63, 3.8) is 0 Å². The standard InChI is InChI=1S/C27H30N8O2/c1-16(36)21-25(34-14-10-27(11-15-34)23(28)17-6-2-3-9-20(17)37-27)31-24-22(30-21)26(33-32-24)35-13-5-7-18-19(35)8-4-12-29-18/h2-4,6,8-9,12,16,23,36H,5,7,10-11,13-15,28H2,1H3,(H,31,32,33)/t16-,23-/m1/s1. The number of anilines is 3. The molecule has 4 N–H and O–H groups in total. The Labute approximate surface area is 214 Å². The second-order valence-electron chi connectivity index (χ2n) is 10.2. The summed E-state index contributed by atoms with van der Waals surface area (Å²) in [5, 5.41) is 18.4. The molecule has 0 unspecified atom stereocenters. The highest BCUT2D eigenvalue weighted by Gasteiger charge is 2.48. The molecule has 190 valence electrons. The first-order chi connectivity index (χ1) is 18.0. The van der Waals surface area contributed by atoms with Gasteiger partial charge >= 0.3 is 0 Å². The number of hydrogen-bond donors (Lipinski definition) is 3. The third kappa shape index (κ3) is 3.47. The maximum atomic E-state index is 10.7. The summed E-state index contributed by atoms with van der Waals surface area (Å²) >= 11 is 0. The van der Waals surface area contributed by atoms with Crippen molar-refractivity contribution in [3.05, 3.63) is 59.5 Å². The van der Waals surface area contributed by atoms with Crippen molar-refractivity contribution in [2.75, 3.05) is 29.4 Å². The number of piperidine rings is 1. The fraction of sp³-hybridized carbons (Fsp3) is 0.407. The fourth-order valence-corrected chi connectivity index (χ4v) is 6.05. The van der Waals surface area contributed by atoms with E-state index >= 15 is 0 Å². The molecule has 10 heteroatoms. The number of ether oxygens (including phenoxy) is 1. The quantitative estimate of drug-likeness (QED) is 0.389. The van der Waals surface area contributed by atoms with Gasteiger partial charge in [-0.1, -0.05) is 18.2 Å². The molecule has 0 bridgehead atoms. The SMILES string of the molecule is C[C@@H](O)c1nc2c(N3CCCc4ncccc43)n[nH]c2nc1N1CCC2(CC1)Oc1ccccc1[C@H]2N. The van der Waals surface area contributed by atoms with Crippen LogP contribution in [-0.2, 0) is 6.42 Å². The van der Waals surface area contributed by atoms with Crippen LogP contribution in [0, 0.1) is 0 Å². The average Bonchev–Trinajstić information content (AvgIpc) is 3.46. The van der Waals surface area contributed by atoms with Gasteiger partial charge in [0.2, 0.25) is 0 Å². The molecule has 1 saturated heterocycles. The van der Waals surface area contributed by atoms with Crippen molar-refractivity contribution in [1.82, 2.24) is 25.1 Å². The third-order valence-corrected chi connectivity index (χ3v) is 8.03. The number of nitrogens with two attached hydrogens (primary N) is 1. The minimum atomic E-state index is -0.782. The van der Waals surface area contributed by atoms with Gasteiger partial charge in [-0.3, -0.25) is 10.1 Å². The van der Waals surface area contributed by atoms with E-state index in [2.05, 4.69) is 37.1 Å².